The monoisotopic (exact) mass is 310 g/mol. The first-order valence-corrected chi connectivity index (χ1v) is 9.16. The lowest BCUT2D eigenvalue weighted by Crippen LogP contribution is -2.43. The Bertz CT molecular complexity index is 381. The summed E-state index contributed by atoms with van der Waals surface area (Å²) in [4.78, 5) is 0. The molecule has 0 spiro atoms. The van der Waals surface area contributed by atoms with Gasteiger partial charge >= 0.3 is 0 Å². The fourth-order valence-electron chi connectivity index (χ4n) is 4.17. The molecule has 0 radical (unpaired) electrons. The van der Waals surface area contributed by atoms with Crippen LogP contribution in [0.2, 0.25) is 0 Å². The van der Waals surface area contributed by atoms with Gasteiger partial charge in [-0.05, 0) is 69.5 Å². The molecule has 126 valence electrons. The van der Waals surface area contributed by atoms with Crippen LogP contribution in [0, 0.1) is 17.8 Å². The number of allylic oxidation sites excluding steroid dienone is 1. The van der Waals surface area contributed by atoms with Crippen LogP contribution in [0.5, 0.6) is 0 Å². The molecule has 2 heterocycles. The summed E-state index contributed by atoms with van der Waals surface area (Å²) in [6.07, 6.45) is 9.05. The van der Waals surface area contributed by atoms with E-state index in [-0.39, 0.29) is 5.92 Å². The zero-order valence-corrected chi connectivity index (χ0v) is 13.8. The molecule has 4 atom stereocenters. The van der Waals surface area contributed by atoms with Crippen LogP contribution < -0.4 is 10.6 Å². The molecule has 1 saturated carbocycles. The van der Waals surface area contributed by atoms with Crippen LogP contribution in [-0.4, -0.2) is 31.9 Å². The van der Waals surface area contributed by atoms with E-state index in [4.69, 9.17) is 4.74 Å². The van der Waals surface area contributed by atoms with Gasteiger partial charge < -0.3 is 15.4 Å². The summed E-state index contributed by atoms with van der Waals surface area (Å²) in [5.74, 6) is 2.26. The number of piperidine rings is 1. The number of hydrogen-bond donors (Lipinski definition) is 2. The standard InChI is InChI=1S/C18H31FN2O/c1-13-5-6-15(16(19)11-13)12-22-18-4-2-3-17(21-18)14-7-9-20-10-8-14/h4,13-17,20-21H,2-3,5-12H2,1H3. The Morgan fingerprint density at radius 1 is 1.18 bits per heavy atom. The van der Waals surface area contributed by atoms with Crippen molar-refractivity contribution in [3.63, 3.8) is 0 Å². The van der Waals surface area contributed by atoms with Gasteiger partial charge in [0, 0.05) is 12.0 Å². The van der Waals surface area contributed by atoms with E-state index in [0.717, 1.165) is 44.2 Å². The second kappa shape index (κ2) is 7.67. The minimum atomic E-state index is -0.687. The first-order chi connectivity index (χ1) is 10.7. The highest BCUT2D eigenvalue weighted by Crippen LogP contribution is 2.32. The van der Waals surface area contributed by atoms with Crippen LogP contribution in [-0.2, 0) is 4.74 Å². The van der Waals surface area contributed by atoms with Gasteiger partial charge in [0.15, 0.2) is 5.88 Å². The average Bonchev–Trinajstić information content (AvgIpc) is 2.55. The van der Waals surface area contributed by atoms with E-state index in [1.165, 1.54) is 19.3 Å². The highest BCUT2D eigenvalue weighted by Gasteiger charge is 2.30. The molecule has 2 aliphatic heterocycles. The minimum absolute atomic E-state index is 0.0816. The molecule has 0 aromatic heterocycles. The molecule has 2 N–H and O–H groups in total. The largest absolute Gasteiger partial charge is 0.479 e. The minimum Gasteiger partial charge on any atom is -0.479 e. The molecule has 0 amide bonds. The maximum Gasteiger partial charge on any atom is 0.182 e. The van der Waals surface area contributed by atoms with Crippen molar-refractivity contribution in [3.8, 4) is 0 Å². The van der Waals surface area contributed by atoms with Gasteiger partial charge in [0.25, 0.3) is 0 Å². The van der Waals surface area contributed by atoms with Crippen LogP contribution in [0.3, 0.4) is 0 Å². The zero-order chi connectivity index (χ0) is 15.4. The predicted octanol–water partition coefficient (Wildman–Crippen LogP) is 3.37. The van der Waals surface area contributed by atoms with Crippen molar-refractivity contribution in [1.29, 1.82) is 0 Å². The summed E-state index contributed by atoms with van der Waals surface area (Å²) in [7, 11) is 0. The fraction of sp³-hybridized carbons (Fsp3) is 0.889. The van der Waals surface area contributed by atoms with E-state index in [1.54, 1.807) is 0 Å². The van der Waals surface area contributed by atoms with Gasteiger partial charge in [-0.15, -0.1) is 0 Å². The Morgan fingerprint density at radius 2 is 2.00 bits per heavy atom. The second-order valence-electron chi connectivity index (χ2n) is 7.49. The number of halogens is 1. The summed E-state index contributed by atoms with van der Waals surface area (Å²) >= 11 is 0. The number of ether oxygens (including phenoxy) is 1. The SMILES string of the molecule is CC1CCC(COC2=CCCC(C3CCNCC3)N2)C(F)C1. The molecule has 4 unspecified atom stereocenters. The predicted molar refractivity (Wildman–Crippen MR) is 87.2 cm³/mol. The smallest absolute Gasteiger partial charge is 0.182 e. The summed E-state index contributed by atoms with van der Waals surface area (Å²) in [6.45, 7) is 4.95. The summed E-state index contributed by atoms with van der Waals surface area (Å²) in [5, 5.41) is 7.00. The molecule has 4 heteroatoms. The Morgan fingerprint density at radius 3 is 2.77 bits per heavy atom. The molecule has 3 aliphatic rings. The van der Waals surface area contributed by atoms with Crippen molar-refractivity contribution in [2.24, 2.45) is 17.8 Å². The molecule has 1 saturated heterocycles. The van der Waals surface area contributed by atoms with Crippen LogP contribution in [0.25, 0.3) is 0 Å². The van der Waals surface area contributed by atoms with Crippen molar-refractivity contribution >= 4 is 0 Å². The van der Waals surface area contributed by atoms with Crippen molar-refractivity contribution in [2.75, 3.05) is 19.7 Å². The lowest BCUT2D eigenvalue weighted by molar-refractivity contribution is 0.0511. The molecule has 0 aromatic carbocycles. The van der Waals surface area contributed by atoms with E-state index in [0.29, 0.717) is 25.0 Å². The third-order valence-corrected chi connectivity index (χ3v) is 5.71. The zero-order valence-electron chi connectivity index (χ0n) is 13.8. The maximum atomic E-state index is 14.1. The Hall–Kier alpha value is -0.770. The van der Waals surface area contributed by atoms with E-state index >= 15 is 0 Å². The molecule has 0 aromatic rings. The normalized spacial score (nSPS) is 37.3. The van der Waals surface area contributed by atoms with E-state index in [1.807, 2.05) is 0 Å². The molecule has 1 aliphatic carbocycles. The summed E-state index contributed by atoms with van der Waals surface area (Å²) < 4.78 is 20.0. The van der Waals surface area contributed by atoms with Crippen LogP contribution in [0.15, 0.2) is 12.0 Å². The van der Waals surface area contributed by atoms with Gasteiger partial charge in [-0.2, -0.15) is 0 Å². The quantitative estimate of drug-likeness (QED) is 0.835. The molecule has 22 heavy (non-hydrogen) atoms. The molecular weight excluding hydrogens is 279 g/mol. The summed E-state index contributed by atoms with van der Waals surface area (Å²) in [6, 6.07) is 0.537. The fourth-order valence-corrected chi connectivity index (χ4v) is 4.17. The van der Waals surface area contributed by atoms with Gasteiger partial charge in [0.1, 0.15) is 6.17 Å². The van der Waals surface area contributed by atoms with Gasteiger partial charge in [0.05, 0.1) is 6.61 Å². The third-order valence-electron chi connectivity index (χ3n) is 5.71. The Kier molecular flexibility index (Phi) is 5.61. The number of rotatable bonds is 4. The number of hydrogen-bond acceptors (Lipinski definition) is 3. The molecule has 0 bridgehead atoms. The van der Waals surface area contributed by atoms with E-state index in [9.17, 15) is 4.39 Å². The Labute approximate surface area is 134 Å². The lowest BCUT2D eigenvalue weighted by atomic mass is 9.82. The Balaban J connectivity index is 1.45. The highest BCUT2D eigenvalue weighted by molar-refractivity contribution is 5.01. The van der Waals surface area contributed by atoms with Gasteiger partial charge in [0.2, 0.25) is 0 Å². The van der Waals surface area contributed by atoms with Crippen molar-refractivity contribution < 1.29 is 9.13 Å². The molecule has 3 rings (SSSR count). The van der Waals surface area contributed by atoms with Crippen molar-refractivity contribution in [2.45, 2.75) is 64.1 Å². The van der Waals surface area contributed by atoms with Crippen LogP contribution in [0.4, 0.5) is 4.39 Å². The molecule has 2 fully saturated rings. The van der Waals surface area contributed by atoms with Gasteiger partial charge in [-0.3, -0.25) is 0 Å². The first kappa shape index (κ1) is 16.1. The van der Waals surface area contributed by atoms with Crippen LogP contribution in [0.1, 0.15) is 51.9 Å². The van der Waals surface area contributed by atoms with Gasteiger partial charge in [-0.25, -0.2) is 4.39 Å². The third kappa shape index (κ3) is 4.15. The highest BCUT2D eigenvalue weighted by atomic mass is 19.1. The number of alkyl halides is 1. The average molecular weight is 310 g/mol. The first-order valence-electron chi connectivity index (χ1n) is 9.16. The van der Waals surface area contributed by atoms with Crippen LogP contribution >= 0.6 is 0 Å². The molecular formula is C18H31FN2O. The molecule has 3 nitrogen and oxygen atoms in total. The summed E-state index contributed by atoms with van der Waals surface area (Å²) in [5.41, 5.74) is 0. The maximum absolute atomic E-state index is 14.1. The van der Waals surface area contributed by atoms with Gasteiger partial charge in [-0.1, -0.05) is 13.3 Å². The van der Waals surface area contributed by atoms with E-state index in [2.05, 4.69) is 23.6 Å². The van der Waals surface area contributed by atoms with E-state index < -0.39 is 6.17 Å². The second-order valence-corrected chi connectivity index (χ2v) is 7.49. The topological polar surface area (TPSA) is 33.3 Å². The van der Waals surface area contributed by atoms with Crippen molar-refractivity contribution in [1.82, 2.24) is 10.6 Å². The van der Waals surface area contributed by atoms with Crippen molar-refractivity contribution in [3.05, 3.63) is 12.0 Å². The number of nitrogens with one attached hydrogen (secondary N) is 2. The lowest BCUT2D eigenvalue weighted by Gasteiger charge is -2.35.